The third-order valence-corrected chi connectivity index (χ3v) is 4.55. The maximum Gasteiger partial charge on any atom is 0.176 e. The van der Waals surface area contributed by atoms with Gasteiger partial charge in [0.15, 0.2) is 5.78 Å². The van der Waals surface area contributed by atoms with Gasteiger partial charge >= 0.3 is 0 Å². The number of likely N-dealkylation sites (tertiary alicyclic amines) is 1. The molecular formula is C18H27NO. The van der Waals surface area contributed by atoms with E-state index in [0.717, 1.165) is 24.6 Å². The number of nitrogens with zero attached hydrogens (tertiary/aromatic N) is 1. The molecular weight excluding hydrogens is 246 g/mol. The predicted octanol–water partition coefficient (Wildman–Crippen LogP) is 4.11. The van der Waals surface area contributed by atoms with Gasteiger partial charge in [-0.2, -0.15) is 0 Å². The van der Waals surface area contributed by atoms with Crippen LogP contribution in [-0.2, 0) is 0 Å². The molecule has 1 saturated heterocycles. The molecule has 0 saturated carbocycles. The average Bonchev–Trinajstić information content (AvgIpc) is 2.48. The first-order valence-electron chi connectivity index (χ1n) is 7.95. The van der Waals surface area contributed by atoms with Crippen LogP contribution in [0.25, 0.3) is 0 Å². The van der Waals surface area contributed by atoms with E-state index in [1.165, 1.54) is 24.8 Å². The molecule has 2 rings (SSSR count). The zero-order valence-electron chi connectivity index (χ0n) is 13.1. The molecule has 0 aromatic heterocycles. The van der Waals surface area contributed by atoms with E-state index in [1.807, 2.05) is 12.1 Å². The molecule has 1 aromatic rings. The van der Waals surface area contributed by atoms with E-state index in [-0.39, 0.29) is 5.78 Å². The highest BCUT2D eigenvalue weighted by Crippen LogP contribution is 2.20. The Labute approximate surface area is 123 Å². The summed E-state index contributed by atoms with van der Waals surface area (Å²) in [5, 5.41) is 0. The first-order valence-corrected chi connectivity index (χ1v) is 7.95. The van der Waals surface area contributed by atoms with Gasteiger partial charge in [-0.25, -0.2) is 0 Å². The van der Waals surface area contributed by atoms with E-state index in [2.05, 4.69) is 37.8 Å². The topological polar surface area (TPSA) is 20.3 Å². The quantitative estimate of drug-likeness (QED) is 0.752. The lowest BCUT2D eigenvalue weighted by molar-refractivity contribution is 0.0894. The van der Waals surface area contributed by atoms with Gasteiger partial charge in [-0.15, -0.1) is 0 Å². The van der Waals surface area contributed by atoms with Crippen molar-refractivity contribution in [3.05, 3.63) is 35.4 Å². The fourth-order valence-corrected chi connectivity index (χ4v) is 2.90. The Balaban J connectivity index is 1.88. The van der Waals surface area contributed by atoms with E-state index in [1.54, 1.807) is 0 Å². The van der Waals surface area contributed by atoms with Gasteiger partial charge in [0.1, 0.15) is 0 Å². The monoisotopic (exact) mass is 273 g/mol. The van der Waals surface area contributed by atoms with Crippen molar-refractivity contribution < 1.29 is 4.79 Å². The first-order chi connectivity index (χ1) is 9.60. The van der Waals surface area contributed by atoms with Crippen molar-refractivity contribution in [2.45, 2.75) is 46.0 Å². The minimum Gasteiger partial charge on any atom is -0.296 e. The standard InChI is InChI=1S/C18H27NO/c1-4-15-9-11-19(12-10-15)13-18(20)17-7-5-16(6-8-17)14(2)3/h5-8,14-15H,4,9-13H2,1-3H3. The summed E-state index contributed by atoms with van der Waals surface area (Å²) in [7, 11) is 0. The van der Waals surface area contributed by atoms with Gasteiger partial charge in [0.2, 0.25) is 0 Å². The molecule has 0 bridgehead atoms. The van der Waals surface area contributed by atoms with Gasteiger partial charge in [0, 0.05) is 5.56 Å². The zero-order valence-corrected chi connectivity index (χ0v) is 13.1. The number of piperidine rings is 1. The van der Waals surface area contributed by atoms with Gasteiger partial charge < -0.3 is 0 Å². The van der Waals surface area contributed by atoms with Crippen LogP contribution < -0.4 is 0 Å². The zero-order chi connectivity index (χ0) is 14.5. The number of ketones is 1. The SMILES string of the molecule is CCC1CCN(CC(=O)c2ccc(C(C)C)cc2)CC1. The molecule has 0 radical (unpaired) electrons. The van der Waals surface area contributed by atoms with Crippen LogP contribution in [0.1, 0.15) is 61.9 Å². The molecule has 110 valence electrons. The van der Waals surface area contributed by atoms with Crippen molar-refractivity contribution in [1.29, 1.82) is 0 Å². The minimum atomic E-state index is 0.259. The molecule has 1 heterocycles. The summed E-state index contributed by atoms with van der Waals surface area (Å²) < 4.78 is 0. The van der Waals surface area contributed by atoms with E-state index < -0.39 is 0 Å². The molecule has 1 aliphatic rings. The highest BCUT2D eigenvalue weighted by atomic mass is 16.1. The van der Waals surface area contributed by atoms with Crippen molar-refractivity contribution in [3.8, 4) is 0 Å². The molecule has 1 aromatic carbocycles. The Bertz CT molecular complexity index is 427. The molecule has 0 spiro atoms. The molecule has 2 nitrogen and oxygen atoms in total. The van der Waals surface area contributed by atoms with Crippen molar-refractivity contribution in [2.24, 2.45) is 5.92 Å². The maximum absolute atomic E-state index is 12.3. The lowest BCUT2D eigenvalue weighted by atomic mass is 9.94. The Morgan fingerprint density at radius 3 is 2.30 bits per heavy atom. The molecule has 2 heteroatoms. The van der Waals surface area contributed by atoms with Crippen molar-refractivity contribution >= 4 is 5.78 Å². The lowest BCUT2D eigenvalue weighted by Crippen LogP contribution is -2.37. The van der Waals surface area contributed by atoms with Gasteiger partial charge in [0.05, 0.1) is 6.54 Å². The number of rotatable bonds is 5. The van der Waals surface area contributed by atoms with Crippen molar-refractivity contribution in [3.63, 3.8) is 0 Å². The number of benzene rings is 1. The van der Waals surface area contributed by atoms with E-state index in [0.29, 0.717) is 12.5 Å². The van der Waals surface area contributed by atoms with Crippen LogP contribution in [0.2, 0.25) is 0 Å². The van der Waals surface area contributed by atoms with Crippen LogP contribution in [0, 0.1) is 5.92 Å². The maximum atomic E-state index is 12.3. The van der Waals surface area contributed by atoms with Crippen molar-refractivity contribution in [1.82, 2.24) is 4.90 Å². The number of Topliss-reactive ketones (excluding diaryl/α,β-unsaturated/α-hetero) is 1. The van der Waals surface area contributed by atoms with Crippen LogP contribution in [0.4, 0.5) is 0 Å². The molecule has 0 atom stereocenters. The number of hydrogen-bond acceptors (Lipinski definition) is 2. The van der Waals surface area contributed by atoms with Crippen LogP contribution >= 0.6 is 0 Å². The van der Waals surface area contributed by atoms with E-state index in [4.69, 9.17) is 0 Å². The summed E-state index contributed by atoms with van der Waals surface area (Å²) in [5.74, 6) is 1.65. The fraction of sp³-hybridized carbons (Fsp3) is 0.611. The summed E-state index contributed by atoms with van der Waals surface area (Å²) in [6.07, 6.45) is 3.77. The summed E-state index contributed by atoms with van der Waals surface area (Å²) >= 11 is 0. The second-order valence-corrected chi connectivity index (χ2v) is 6.33. The Hall–Kier alpha value is -1.15. The van der Waals surface area contributed by atoms with Gasteiger partial charge in [-0.3, -0.25) is 9.69 Å². The summed E-state index contributed by atoms with van der Waals surface area (Å²) in [5.41, 5.74) is 2.15. The van der Waals surface area contributed by atoms with Gasteiger partial charge in [0.25, 0.3) is 0 Å². The molecule has 0 amide bonds. The molecule has 1 fully saturated rings. The molecule has 0 N–H and O–H groups in total. The normalized spacial score (nSPS) is 17.6. The predicted molar refractivity (Wildman–Crippen MR) is 84.3 cm³/mol. The number of carbonyl (C=O) groups excluding carboxylic acids is 1. The van der Waals surface area contributed by atoms with E-state index >= 15 is 0 Å². The Kier molecular flexibility index (Phi) is 5.36. The summed E-state index contributed by atoms with van der Waals surface area (Å²) in [4.78, 5) is 14.6. The molecule has 0 unspecified atom stereocenters. The highest BCUT2D eigenvalue weighted by molar-refractivity contribution is 5.97. The molecule has 20 heavy (non-hydrogen) atoms. The lowest BCUT2D eigenvalue weighted by Gasteiger charge is -2.30. The smallest absolute Gasteiger partial charge is 0.176 e. The minimum absolute atomic E-state index is 0.259. The highest BCUT2D eigenvalue weighted by Gasteiger charge is 2.20. The van der Waals surface area contributed by atoms with Gasteiger partial charge in [-0.1, -0.05) is 51.5 Å². The number of hydrogen-bond donors (Lipinski definition) is 0. The van der Waals surface area contributed by atoms with Gasteiger partial charge in [-0.05, 0) is 43.3 Å². The van der Waals surface area contributed by atoms with Crippen LogP contribution in [0.3, 0.4) is 0 Å². The molecule has 1 aliphatic heterocycles. The Morgan fingerprint density at radius 1 is 1.20 bits per heavy atom. The van der Waals surface area contributed by atoms with Crippen molar-refractivity contribution in [2.75, 3.05) is 19.6 Å². The second kappa shape index (κ2) is 7.03. The fourth-order valence-electron chi connectivity index (χ4n) is 2.90. The largest absolute Gasteiger partial charge is 0.296 e. The third kappa shape index (κ3) is 3.92. The van der Waals surface area contributed by atoms with Crippen LogP contribution in [0.15, 0.2) is 24.3 Å². The van der Waals surface area contributed by atoms with Crippen LogP contribution in [-0.4, -0.2) is 30.3 Å². The number of carbonyl (C=O) groups is 1. The average molecular weight is 273 g/mol. The molecule has 0 aliphatic carbocycles. The first kappa shape index (κ1) is 15.2. The summed E-state index contributed by atoms with van der Waals surface area (Å²) in [6, 6.07) is 8.13. The van der Waals surface area contributed by atoms with Crippen LogP contribution in [0.5, 0.6) is 0 Å². The second-order valence-electron chi connectivity index (χ2n) is 6.33. The summed E-state index contributed by atoms with van der Waals surface area (Å²) in [6.45, 7) is 9.35. The third-order valence-electron chi connectivity index (χ3n) is 4.55. The van der Waals surface area contributed by atoms with E-state index in [9.17, 15) is 4.79 Å². The Morgan fingerprint density at radius 2 is 1.80 bits per heavy atom.